The predicted octanol–water partition coefficient (Wildman–Crippen LogP) is 2.17. The van der Waals surface area contributed by atoms with Gasteiger partial charge in [-0.1, -0.05) is 23.9 Å². The number of benzene rings is 1. The summed E-state index contributed by atoms with van der Waals surface area (Å²) in [7, 11) is -3.75. The highest BCUT2D eigenvalue weighted by molar-refractivity contribution is 7.98. The predicted molar refractivity (Wildman–Crippen MR) is 104 cm³/mol. The Morgan fingerprint density at radius 3 is 2.76 bits per heavy atom. The van der Waals surface area contributed by atoms with Crippen molar-refractivity contribution in [2.24, 2.45) is 0 Å². The van der Waals surface area contributed by atoms with Crippen LogP contribution in [0.1, 0.15) is 18.9 Å². The summed E-state index contributed by atoms with van der Waals surface area (Å²) in [5.41, 5.74) is 0.122. The highest BCUT2D eigenvalue weighted by Crippen LogP contribution is 2.27. The minimum Gasteiger partial charge on any atom is -0.472 e. The van der Waals surface area contributed by atoms with Crippen molar-refractivity contribution in [1.29, 1.82) is 0 Å². The van der Waals surface area contributed by atoms with Crippen LogP contribution in [0.15, 0.2) is 29.4 Å². The van der Waals surface area contributed by atoms with Gasteiger partial charge in [-0.3, -0.25) is 4.72 Å². The zero-order valence-corrected chi connectivity index (χ0v) is 17.1. The summed E-state index contributed by atoms with van der Waals surface area (Å²) >= 11 is 0.994. The molecule has 158 valence electrons. The van der Waals surface area contributed by atoms with Crippen LogP contribution in [0.4, 0.5) is 14.6 Å². The van der Waals surface area contributed by atoms with E-state index in [4.69, 9.17) is 4.74 Å². The molecule has 0 bridgehead atoms. The molecule has 8 nitrogen and oxygen atoms in total. The van der Waals surface area contributed by atoms with Crippen LogP contribution >= 0.6 is 11.8 Å². The van der Waals surface area contributed by atoms with E-state index in [-0.39, 0.29) is 34.8 Å². The van der Waals surface area contributed by atoms with E-state index in [0.29, 0.717) is 13.1 Å². The molecule has 2 aromatic rings. The van der Waals surface area contributed by atoms with Gasteiger partial charge in [0.25, 0.3) is 0 Å². The number of aliphatic hydroxyl groups is 1. The Kier molecular flexibility index (Phi) is 6.88. The monoisotopic (exact) mass is 446 g/mol. The van der Waals surface area contributed by atoms with E-state index >= 15 is 0 Å². The first-order valence-corrected chi connectivity index (χ1v) is 11.2. The van der Waals surface area contributed by atoms with Gasteiger partial charge in [0.05, 0.1) is 6.61 Å². The van der Waals surface area contributed by atoms with Gasteiger partial charge in [0, 0.05) is 30.5 Å². The molecular formula is C17H20F2N4O4S2. The van der Waals surface area contributed by atoms with E-state index in [1.165, 1.54) is 22.5 Å². The zero-order chi connectivity index (χ0) is 21.0. The molecule has 12 heteroatoms. The number of hydrogen-bond donors (Lipinski definition) is 2. The first-order valence-electron chi connectivity index (χ1n) is 8.78. The number of thioether (sulfide) groups is 1. The van der Waals surface area contributed by atoms with E-state index in [9.17, 15) is 22.3 Å². The normalized spacial score (nSPS) is 15.6. The van der Waals surface area contributed by atoms with Crippen LogP contribution in [0.3, 0.4) is 0 Å². The van der Waals surface area contributed by atoms with E-state index in [1.54, 1.807) is 6.92 Å². The van der Waals surface area contributed by atoms with Crippen molar-refractivity contribution in [3.8, 4) is 5.88 Å². The highest BCUT2D eigenvalue weighted by Gasteiger charge is 2.28. The number of aromatic nitrogens is 2. The Morgan fingerprint density at radius 1 is 1.34 bits per heavy atom. The van der Waals surface area contributed by atoms with Crippen LogP contribution in [-0.2, 0) is 16.0 Å². The lowest BCUT2D eigenvalue weighted by molar-refractivity contribution is 0.124. The maximum atomic E-state index is 13.9. The van der Waals surface area contributed by atoms with Crippen LogP contribution < -0.4 is 9.46 Å². The molecule has 1 atom stereocenters. The van der Waals surface area contributed by atoms with Crippen LogP contribution in [0, 0.1) is 11.6 Å². The molecular weight excluding hydrogens is 426 g/mol. The van der Waals surface area contributed by atoms with Crippen LogP contribution in [-0.4, -0.2) is 53.6 Å². The lowest BCUT2D eigenvalue weighted by Crippen LogP contribution is -2.45. The van der Waals surface area contributed by atoms with Crippen molar-refractivity contribution in [3.63, 3.8) is 0 Å². The Labute approximate surface area is 171 Å². The van der Waals surface area contributed by atoms with Gasteiger partial charge in [0.1, 0.15) is 11.9 Å². The second kappa shape index (κ2) is 9.20. The third-order valence-electron chi connectivity index (χ3n) is 4.04. The molecule has 1 aliphatic heterocycles. The van der Waals surface area contributed by atoms with Crippen molar-refractivity contribution >= 4 is 27.8 Å². The molecule has 0 radical (unpaired) electrons. The second-order valence-corrected chi connectivity index (χ2v) is 8.96. The minimum atomic E-state index is -3.75. The number of hydrogen-bond acceptors (Lipinski definition) is 7. The summed E-state index contributed by atoms with van der Waals surface area (Å²) < 4.78 is 61.0. The Morgan fingerprint density at radius 2 is 2.10 bits per heavy atom. The second-order valence-electron chi connectivity index (χ2n) is 6.35. The molecule has 0 spiro atoms. The van der Waals surface area contributed by atoms with Crippen molar-refractivity contribution in [2.45, 2.75) is 30.4 Å². The molecule has 1 saturated heterocycles. The first kappa shape index (κ1) is 21.7. The van der Waals surface area contributed by atoms with E-state index in [2.05, 4.69) is 14.7 Å². The maximum absolute atomic E-state index is 13.9. The van der Waals surface area contributed by atoms with E-state index in [1.807, 2.05) is 0 Å². The average molecular weight is 447 g/mol. The quantitative estimate of drug-likeness (QED) is 0.449. The molecule has 2 N–H and O–H groups in total. The first-order chi connectivity index (χ1) is 13.8. The van der Waals surface area contributed by atoms with E-state index < -0.39 is 27.9 Å². The van der Waals surface area contributed by atoms with Crippen LogP contribution in [0.25, 0.3) is 0 Å². The number of aliphatic hydroxyl groups excluding tert-OH is 1. The third kappa shape index (κ3) is 5.53. The molecule has 0 amide bonds. The molecule has 1 aromatic heterocycles. The summed E-state index contributed by atoms with van der Waals surface area (Å²) in [6, 6.07) is 5.15. The third-order valence-corrected chi connectivity index (χ3v) is 6.45. The van der Waals surface area contributed by atoms with Gasteiger partial charge in [-0.25, -0.2) is 13.8 Å². The molecule has 0 aliphatic carbocycles. The number of anilines is 1. The van der Waals surface area contributed by atoms with Gasteiger partial charge in [-0.05, 0) is 19.4 Å². The zero-order valence-electron chi connectivity index (χ0n) is 15.5. The number of nitrogens with zero attached hydrogens (tertiary/aromatic N) is 3. The fourth-order valence-corrected chi connectivity index (χ4v) is 4.41. The number of rotatable bonds is 9. The summed E-state index contributed by atoms with van der Waals surface area (Å²) in [4.78, 5) is 8.29. The maximum Gasteiger partial charge on any atom is 0.302 e. The number of nitrogens with one attached hydrogen (secondary N) is 1. The summed E-state index contributed by atoms with van der Waals surface area (Å²) in [5.74, 6) is -1.86. The molecule has 29 heavy (non-hydrogen) atoms. The Bertz CT molecular complexity index is 974. The SMILES string of the molecule is C[C@H](CO)Oc1cc(NS(=O)(=O)N2CCC2)nc(SCc2cccc(F)c2F)n1. The van der Waals surface area contributed by atoms with Crippen molar-refractivity contribution in [1.82, 2.24) is 14.3 Å². The van der Waals surface area contributed by atoms with Gasteiger partial charge >= 0.3 is 10.2 Å². The number of halogens is 2. The molecule has 1 aromatic carbocycles. The lowest BCUT2D eigenvalue weighted by atomic mass is 10.2. The van der Waals surface area contributed by atoms with Crippen molar-refractivity contribution < 1.29 is 27.0 Å². The van der Waals surface area contributed by atoms with Crippen LogP contribution in [0.5, 0.6) is 5.88 Å². The molecule has 1 fully saturated rings. The molecule has 0 unspecified atom stereocenters. The van der Waals surface area contributed by atoms with Crippen molar-refractivity contribution in [2.75, 3.05) is 24.4 Å². The molecule has 3 rings (SSSR count). The largest absolute Gasteiger partial charge is 0.472 e. The molecule has 0 saturated carbocycles. The van der Waals surface area contributed by atoms with Gasteiger partial charge in [-0.2, -0.15) is 17.7 Å². The fourth-order valence-electron chi connectivity index (χ4n) is 2.35. The highest BCUT2D eigenvalue weighted by atomic mass is 32.2. The van der Waals surface area contributed by atoms with E-state index in [0.717, 1.165) is 24.2 Å². The number of ether oxygens (including phenoxy) is 1. The lowest BCUT2D eigenvalue weighted by Gasteiger charge is -2.29. The van der Waals surface area contributed by atoms with Gasteiger partial charge in [0.2, 0.25) is 5.88 Å². The minimum absolute atomic E-state index is 0.0192. The average Bonchev–Trinajstić information content (AvgIpc) is 2.60. The molecule has 2 heterocycles. The van der Waals surface area contributed by atoms with Gasteiger partial charge in [0.15, 0.2) is 16.8 Å². The summed E-state index contributed by atoms with van der Waals surface area (Å²) in [6.07, 6.45) is 0.205. The summed E-state index contributed by atoms with van der Waals surface area (Å²) in [6.45, 7) is 2.19. The van der Waals surface area contributed by atoms with Gasteiger partial charge in [-0.15, -0.1) is 0 Å². The smallest absolute Gasteiger partial charge is 0.302 e. The van der Waals surface area contributed by atoms with Gasteiger partial charge < -0.3 is 9.84 Å². The van der Waals surface area contributed by atoms with Crippen molar-refractivity contribution in [3.05, 3.63) is 41.5 Å². The Hall–Kier alpha value is -2.02. The standard InChI is InChI=1S/C17H20F2N4O4S2/c1-11(9-24)27-15-8-14(22-29(25,26)23-6-3-7-23)20-17(21-15)28-10-12-4-2-5-13(18)16(12)19/h2,4-5,8,11,24H,3,6-7,9-10H2,1H3,(H,20,21,22)/t11-/m1/s1. The molecule has 1 aliphatic rings. The topological polar surface area (TPSA) is 105 Å². The Balaban J connectivity index is 1.82. The van der Waals surface area contributed by atoms with Crippen LogP contribution in [0.2, 0.25) is 0 Å². The fraction of sp³-hybridized carbons (Fsp3) is 0.412. The summed E-state index contributed by atoms with van der Waals surface area (Å²) in [5, 5.41) is 9.28.